The second-order valence-corrected chi connectivity index (χ2v) is 4.67. The van der Waals surface area contributed by atoms with Crippen LogP contribution in [-0.2, 0) is 11.3 Å². The second kappa shape index (κ2) is 6.33. The minimum absolute atomic E-state index is 0.00979. The van der Waals surface area contributed by atoms with Gasteiger partial charge in [-0.25, -0.2) is 0 Å². The number of likely N-dealkylation sites (tertiary alicyclic amines) is 1. The summed E-state index contributed by atoms with van der Waals surface area (Å²) in [5.41, 5.74) is 7.02. The fourth-order valence-corrected chi connectivity index (χ4v) is 2.13. The molecule has 19 heavy (non-hydrogen) atoms. The maximum absolute atomic E-state index is 11.9. The van der Waals surface area contributed by atoms with Crippen molar-refractivity contribution in [2.45, 2.75) is 19.4 Å². The van der Waals surface area contributed by atoms with Gasteiger partial charge in [-0.05, 0) is 30.5 Å². The number of rotatable bonds is 4. The number of carbonyl (C=O) groups excluding carboxylic acids is 2. The van der Waals surface area contributed by atoms with Crippen molar-refractivity contribution in [2.24, 2.45) is 5.73 Å². The smallest absolute Gasteiger partial charge is 0.251 e. The Morgan fingerprint density at radius 3 is 2.37 bits per heavy atom. The number of benzene rings is 1. The van der Waals surface area contributed by atoms with Gasteiger partial charge in [-0.1, -0.05) is 12.1 Å². The van der Waals surface area contributed by atoms with Gasteiger partial charge in [0.25, 0.3) is 5.91 Å². The van der Waals surface area contributed by atoms with E-state index < -0.39 is 0 Å². The molecule has 1 fully saturated rings. The summed E-state index contributed by atoms with van der Waals surface area (Å²) in [6, 6.07) is 7.07. The Bertz CT molecular complexity index is 450. The van der Waals surface area contributed by atoms with E-state index in [0.717, 1.165) is 31.5 Å². The number of amides is 2. The van der Waals surface area contributed by atoms with E-state index in [4.69, 9.17) is 5.73 Å². The first kappa shape index (κ1) is 13.5. The van der Waals surface area contributed by atoms with Crippen LogP contribution in [0.3, 0.4) is 0 Å². The molecule has 5 heteroatoms. The predicted molar refractivity (Wildman–Crippen MR) is 72.5 cm³/mol. The lowest BCUT2D eigenvalue weighted by molar-refractivity contribution is -0.129. The van der Waals surface area contributed by atoms with Crippen molar-refractivity contribution < 1.29 is 9.59 Å². The van der Waals surface area contributed by atoms with Crippen LogP contribution < -0.4 is 11.1 Å². The molecule has 0 unspecified atom stereocenters. The van der Waals surface area contributed by atoms with Crippen molar-refractivity contribution in [1.82, 2.24) is 10.2 Å². The van der Waals surface area contributed by atoms with Gasteiger partial charge >= 0.3 is 0 Å². The van der Waals surface area contributed by atoms with E-state index in [1.54, 1.807) is 17.0 Å². The SMILES string of the molecule is NCc1ccc(C(=O)NCC(=O)N2CCCC2)cc1. The average Bonchev–Trinajstić information content (AvgIpc) is 2.98. The molecule has 2 amide bonds. The Morgan fingerprint density at radius 2 is 1.79 bits per heavy atom. The number of carbonyl (C=O) groups is 2. The molecule has 0 spiro atoms. The van der Waals surface area contributed by atoms with Crippen LogP contribution in [0.4, 0.5) is 0 Å². The molecule has 1 heterocycles. The van der Waals surface area contributed by atoms with Crippen LogP contribution in [0.15, 0.2) is 24.3 Å². The molecule has 5 nitrogen and oxygen atoms in total. The summed E-state index contributed by atoms with van der Waals surface area (Å²) < 4.78 is 0. The van der Waals surface area contributed by atoms with Gasteiger partial charge in [-0.2, -0.15) is 0 Å². The molecule has 2 rings (SSSR count). The molecule has 0 radical (unpaired) electrons. The third kappa shape index (κ3) is 3.54. The Labute approximate surface area is 112 Å². The van der Waals surface area contributed by atoms with E-state index in [-0.39, 0.29) is 18.4 Å². The first-order valence-corrected chi connectivity index (χ1v) is 6.55. The Hall–Kier alpha value is -1.88. The van der Waals surface area contributed by atoms with Crippen molar-refractivity contribution in [3.8, 4) is 0 Å². The lowest BCUT2D eigenvalue weighted by Crippen LogP contribution is -2.38. The number of nitrogens with one attached hydrogen (secondary N) is 1. The quantitative estimate of drug-likeness (QED) is 0.828. The molecule has 102 valence electrons. The Morgan fingerprint density at radius 1 is 1.16 bits per heavy atom. The van der Waals surface area contributed by atoms with Crippen LogP contribution >= 0.6 is 0 Å². The fraction of sp³-hybridized carbons (Fsp3) is 0.429. The van der Waals surface area contributed by atoms with Crippen LogP contribution in [0.5, 0.6) is 0 Å². The number of hydrogen-bond donors (Lipinski definition) is 2. The third-order valence-corrected chi connectivity index (χ3v) is 3.31. The highest BCUT2D eigenvalue weighted by Gasteiger charge is 2.18. The first-order chi connectivity index (χ1) is 9.20. The molecular weight excluding hydrogens is 242 g/mol. The Balaban J connectivity index is 1.84. The molecular formula is C14H19N3O2. The van der Waals surface area contributed by atoms with Gasteiger partial charge in [0, 0.05) is 25.2 Å². The highest BCUT2D eigenvalue weighted by molar-refractivity contribution is 5.96. The fourth-order valence-electron chi connectivity index (χ4n) is 2.13. The minimum atomic E-state index is -0.226. The summed E-state index contributed by atoms with van der Waals surface area (Å²) in [6.07, 6.45) is 2.11. The number of nitrogens with two attached hydrogens (primary N) is 1. The van der Waals surface area contributed by atoms with Crippen LogP contribution in [0.25, 0.3) is 0 Å². The molecule has 1 aromatic rings. The highest BCUT2D eigenvalue weighted by Crippen LogP contribution is 2.07. The van der Waals surface area contributed by atoms with Crippen molar-refractivity contribution >= 4 is 11.8 Å². The van der Waals surface area contributed by atoms with Gasteiger partial charge in [0.15, 0.2) is 0 Å². The van der Waals surface area contributed by atoms with E-state index in [0.29, 0.717) is 12.1 Å². The normalized spacial score (nSPS) is 14.5. The molecule has 0 atom stereocenters. The van der Waals surface area contributed by atoms with Gasteiger partial charge in [-0.3, -0.25) is 9.59 Å². The summed E-state index contributed by atoms with van der Waals surface area (Å²) >= 11 is 0. The molecule has 0 bridgehead atoms. The van der Waals surface area contributed by atoms with Crippen molar-refractivity contribution in [3.05, 3.63) is 35.4 Å². The first-order valence-electron chi connectivity index (χ1n) is 6.55. The zero-order valence-corrected chi connectivity index (χ0v) is 10.9. The van der Waals surface area contributed by atoms with Gasteiger partial charge in [0.2, 0.25) is 5.91 Å². The zero-order valence-electron chi connectivity index (χ0n) is 10.9. The Kier molecular flexibility index (Phi) is 4.52. The predicted octanol–water partition coefficient (Wildman–Crippen LogP) is 0.497. The third-order valence-electron chi connectivity index (χ3n) is 3.31. The molecule has 1 aliphatic heterocycles. The molecule has 0 aliphatic carbocycles. The van der Waals surface area contributed by atoms with Crippen LogP contribution in [-0.4, -0.2) is 36.3 Å². The molecule has 1 aliphatic rings. The number of hydrogen-bond acceptors (Lipinski definition) is 3. The van der Waals surface area contributed by atoms with Crippen molar-refractivity contribution in [1.29, 1.82) is 0 Å². The lowest BCUT2D eigenvalue weighted by Gasteiger charge is -2.15. The van der Waals surface area contributed by atoms with Crippen molar-refractivity contribution in [2.75, 3.05) is 19.6 Å². The highest BCUT2D eigenvalue weighted by atomic mass is 16.2. The van der Waals surface area contributed by atoms with E-state index in [9.17, 15) is 9.59 Å². The van der Waals surface area contributed by atoms with Crippen LogP contribution in [0, 0.1) is 0 Å². The average molecular weight is 261 g/mol. The summed E-state index contributed by atoms with van der Waals surface area (Å²) in [5, 5.41) is 2.65. The van der Waals surface area contributed by atoms with E-state index in [1.807, 2.05) is 12.1 Å². The van der Waals surface area contributed by atoms with E-state index >= 15 is 0 Å². The van der Waals surface area contributed by atoms with Gasteiger partial charge in [-0.15, -0.1) is 0 Å². The second-order valence-electron chi connectivity index (χ2n) is 4.67. The maximum Gasteiger partial charge on any atom is 0.251 e. The lowest BCUT2D eigenvalue weighted by atomic mass is 10.1. The van der Waals surface area contributed by atoms with Crippen molar-refractivity contribution in [3.63, 3.8) is 0 Å². The summed E-state index contributed by atoms with van der Waals surface area (Å²) in [4.78, 5) is 25.4. The molecule has 1 saturated heterocycles. The molecule has 1 aromatic carbocycles. The monoisotopic (exact) mass is 261 g/mol. The van der Waals surface area contributed by atoms with Gasteiger partial charge in [0.1, 0.15) is 0 Å². The minimum Gasteiger partial charge on any atom is -0.343 e. The molecule has 0 aromatic heterocycles. The summed E-state index contributed by atoms with van der Waals surface area (Å²) in [6.45, 7) is 2.13. The standard InChI is InChI=1S/C14H19N3O2/c15-9-11-3-5-12(6-4-11)14(19)16-10-13(18)17-7-1-2-8-17/h3-6H,1-2,7-10,15H2,(H,16,19). The summed E-state index contributed by atoms with van der Waals surface area (Å²) in [5.74, 6) is -0.236. The van der Waals surface area contributed by atoms with Crippen LogP contribution in [0.1, 0.15) is 28.8 Å². The van der Waals surface area contributed by atoms with Gasteiger partial charge < -0.3 is 16.0 Å². The van der Waals surface area contributed by atoms with E-state index in [2.05, 4.69) is 5.32 Å². The maximum atomic E-state index is 11.9. The van der Waals surface area contributed by atoms with Crippen LogP contribution in [0.2, 0.25) is 0 Å². The molecule has 0 saturated carbocycles. The molecule has 3 N–H and O–H groups in total. The number of nitrogens with zero attached hydrogens (tertiary/aromatic N) is 1. The summed E-state index contributed by atoms with van der Waals surface area (Å²) in [7, 11) is 0. The largest absolute Gasteiger partial charge is 0.343 e. The zero-order chi connectivity index (χ0) is 13.7. The topological polar surface area (TPSA) is 75.4 Å². The van der Waals surface area contributed by atoms with Gasteiger partial charge in [0.05, 0.1) is 6.54 Å². The van der Waals surface area contributed by atoms with E-state index in [1.165, 1.54) is 0 Å².